The molecular formula is C12H25NO. The lowest BCUT2D eigenvalue weighted by molar-refractivity contribution is 0.150. The highest BCUT2D eigenvalue weighted by Gasteiger charge is 2.40. The maximum atomic E-state index is 9.38. The Kier molecular flexibility index (Phi) is 4.39. The average Bonchev–Trinajstić information content (AvgIpc) is 2.98. The van der Waals surface area contributed by atoms with Gasteiger partial charge in [-0.25, -0.2) is 0 Å². The van der Waals surface area contributed by atoms with Crippen molar-refractivity contribution in [3.8, 4) is 0 Å². The van der Waals surface area contributed by atoms with E-state index in [0.717, 1.165) is 12.5 Å². The van der Waals surface area contributed by atoms with Crippen molar-refractivity contribution in [3.05, 3.63) is 0 Å². The molecule has 1 aliphatic rings. The number of aliphatic hydroxyl groups excluding tert-OH is 1. The second-order valence-corrected chi connectivity index (χ2v) is 5.12. The van der Waals surface area contributed by atoms with E-state index >= 15 is 0 Å². The molecule has 2 heteroatoms. The number of hydrogen-bond donors (Lipinski definition) is 2. The van der Waals surface area contributed by atoms with Gasteiger partial charge >= 0.3 is 0 Å². The summed E-state index contributed by atoms with van der Waals surface area (Å²) >= 11 is 0. The minimum atomic E-state index is -0.0119. The fourth-order valence-electron chi connectivity index (χ4n) is 2.05. The third kappa shape index (κ3) is 3.25. The highest BCUT2D eigenvalue weighted by atomic mass is 16.3. The van der Waals surface area contributed by atoms with Crippen LogP contribution in [0.4, 0.5) is 0 Å². The third-order valence-electron chi connectivity index (χ3n) is 3.44. The van der Waals surface area contributed by atoms with Crippen LogP contribution in [-0.2, 0) is 0 Å². The monoisotopic (exact) mass is 199 g/mol. The second-order valence-electron chi connectivity index (χ2n) is 5.12. The van der Waals surface area contributed by atoms with Gasteiger partial charge in [0.1, 0.15) is 0 Å². The zero-order valence-electron chi connectivity index (χ0n) is 9.84. The molecule has 1 fully saturated rings. The normalized spacial score (nSPS) is 23.1. The molecular weight excluding hydrogens is 174 g/mol. The molecule has 1 saturated carbocycles. The Labute approximate surface area is 88.1 Å². The van der Waals surface area contributed by atoms with Gasteiger partial charge in [0.25, 0.3) is 0 Å². The summed E-state index contributed by atoms with van der Waals surface area (Å²) in [5, 5.41) is 12.9. The van der Waals surface area contributed by atoms with Crippen LogP contribution < -0.4 is 5.32 Å². The zero-order valence-corrected chi connectivity index (χ0v) is 9.84. The Morgan fingerprint density at radius 2 is 2.14 bits per heavy atom. The summed E-state index contributed by atoms with van der Waals surface area (Å²) in [6, 6.07) is 0. The Morgan fingerprint density at radius 3 is 2.57 bits per heavy atom. The first kappa shape index (κ1) is 12.0. The average molecular weight is 199 g/mol. The minimum absolute atomic E-state index is 0.0119. The van der Waals surface area contributed by atoms with E-state index in [1.165, 1.54) is 25.7 Å². The summed E-state index contributed by atoms with van der Waals surface area (Å²) in [6.07, 6.45) is 5.10. The van der Waals surface area contributed by atoms with E-state index in [2.05, 4.69) is 26.1 Å². The van der Waals surface area contributed by atoms with Crippen LogP contribution in [0.25, 0.3) is 0 Å². The van der Waals surface area contributed by atoms with Gasteiger partial charge in [-0.3, -0.25) is 0 Å². The first-order valence-electron chi connectivity index (χ1n) is 5.98. The Bertz CT molecular complexity index is 168. The number of hydrogen-bond acceptors (Lipinski definition) is 2. The molecule has 14 heavy (non-hydrogen) atoms. The fourth-order valence-corrected chi connectivity index (χ4v) is 2.05. The molecule has 0 aliphatic heterocycles. The van der Waals surface area contributed by atoms with Gasteiger partial charge in [-0.2, -0.15) is 0 Å². The van der Waals surface area contributed by atoms with Gasteiger partial charge < -0.3 is 10.4 Å². The number of nitrogens with one attached hydrogen (secondary N) is 1. The molecule has 0 saturated heterocycles. The molecule has 0 aromatic heterocycles. The van der Waals surface area contributed by atoms with Gasteiger partial charge in [0.2, 0.25) is 0 Å². The van der Waals surface area contributed by atoms with E-state index in [0.29, 0.717) is 5.92 Å². The van der Waals surface area contributed by atoms with Crippen molar-refractivity contribution in [2.75, 3.05) is 13.2 Å². The van der Waals surface area contributed by atoms with Gasteiger partial charge in [-0.15, -0.1) is 0 Å². The van der Waals surface area contributed by atoms with E-state index in [9.17, 15) is 5.11 Å². The maximum Gasteiger partial charge on any atom is 0.0613 e. The SMILES string of the molecule is CCCC(C)CNC(C)(CO)C1CC1. The van der Waals surface area contributed by atoms with Crippen molar-refractivity contribution in [1.82, 2.24) is 5.32 Å². The Balaban J connectivity index is 2.26. The van der Waals surface area contributed by atoms with Gasteiger partial charge in [0, 0.05) is 5.54 Å². The highest BCUT2D eigenvalue weighted by molar-refractivity contribution is 4.97. The van der Waals surface area contributed by atoms with E-state index in [1.54, 1.807) is 0 Å². The van der Waals surface area contributed by atoms with E-state index in [-0.39, 0.29) is 12.1 Å². The van der Waals surface area contributed by atoms with Crippen molar-refractivity contribution in [3.63, 3.8) is 0 Å². The fraction of sp³-hybridized carbons (Fsp3) is 1.00. The largest absolute Gasteiger partial charge is 0.394 e. The molecule has 0 aromatic carbocycles. The Morgan fingerprint density at radius 1 is 1.50 bits per heavy atom. The number of rotatable bonds is 7. The molecule has 2 nitrogen and oxygen atoms in total. The number of aliphatic hydroxyl groups is 1. The first-order chi connectivity index (χ1) is 6.62. The molecule has 2 N–H and O–H groups in total. The maximum absolute atomic E-state index is 9.38. The van der Waals surface area contributed by atoms with Crippen LogP contribution in [0, 0.1) is 11.8 Å². The summed E-state index contributed by atoms with van der Waals surface area (Å²) in [4.78, 5) is 0. The highest BCUT2D eigenvalue weighted by Crippen LogP contribution is 2.39. The molecule has 0 bridgehead atoms. The molecule has 0 amide bonds. The Hall–Kier alpha value is -0.0800. The zero-order chi connectivity index (χ0) is 10.6. The van der Waals surface area contributed by atoms with Crippen molar-refractivity contribution < 1.29 is 5.11 Å². The van der Waals surface area contributed by atoms with Gasteiger partial charge in [0.05, 0.1) is 6.61 Å². The second kappa shape index (κ2) is 5.13. The molecule has 1 aliphatic carbocycles. The van der Waals surface area contributed by atoms with Gasteiger partial charge in [-0.05, 0) is 44.6 Å². The van der Waals surface area contributed by atoms with Crippen LogP contribution in [0.2, 0.25) is 0 Å². The molecule has 2 atom stereocenters. The van der Waals surface area contributed by atoms with Crippen molar-refractivity contribution in [1.29, 1.82) is 0 Å². The van der Waals surface area contributed by atoms with Crippen molar-refractivity contribution in [2.24, 2.45) is 11.8 Å². The summed E-state index contributed by atoms with van der Waals surface area (Å²) in [6.45, 7) is 7.98. The molecule has 0 spiro atoms. The molecule has 2 unspecified atom stereocenters. The van der Waals surface area contributed by atoms with E-state index in [1.807, 2.05) is 0 Å². The van der Waals surface area contributed by atoms with Crippen LogP contribution in [0.15, 0.2) is 0 Å². The van der Waals surface area contributed by atoms with E-state index in [4.69, 9.17) is 0 Å². The molecule has 0 radical (unpaired) electrons. The standard InChI is InChI=1S/C12H25NO/c1-4-5-10(2)8-13-12(3,9-14)11-6-7-11/h10-11,13-14H,4-9H2,1-3H3. The minimum Gasteiger partial charge on any atom is -0.394 e. The quantitative estimate of drug-likeness (QED) is 0.658. The molecule has 1 rings (SSSR count). The van der Waals surface area contributed by atoms with Crippen molar-refractivity contribution in [2.45, 2.75) is 52.0 Å². The van der Waals surface area contributed by atoms with Crippen LogP contribution in [-0.4, -0.2) is 23.8 Å². The molecule has 0 aromatic rings. The first-order valence-corrected chi connectivity index (χ1v) is 5.98. The molecule has 84 valence electrons. The van der Waals surface area contributed by atoms with Gasteiger partial charge in [-0.1, -0.05) is 20.3 Å². The summed E-state index contributed by atoms with van der Waals surface area (Å²) in [5.41, 5.74) is -0.0119. The predicted molar refractivity (Wildman–Crippen MR) is 60.3 cm³/mol. The van der Waals surface area contributed by atoms with Crippen LogP contribution >= 0.6 is 0 Å². The van der Waals surface area contributed by atoms with Crippen LogP contribution in [0.3, 0.4) is 0 Å². The summed E-state index contributed by atoms with van der Waals surface area (Å²) < 4.78 is 0. The van der Waals surface area contributed by atoms with Crippen LogP contribution in [0.1, 0.15) is 46.5 Å². The van der Waals surface area contributed by atoms with E-state index < -0.39 is 0 Å². The lowest BCUT2D eigenvalue weighted by Crippen LogP contribution is -2.49. The van der Waals surface area contributed by atoms with Crippen molar-refractivity contribution >= 4 is 0 Å². The summed E-state index contributed by atoms with van der Waals surface area (Å²) in [7, 11) is 0. The predicted octanol–water partition coefficient (Wildman–Crippen LogP) is 2.17. The third-order valence-corrected chi connectivity index (χ3v) is 3.44. The van der Waals surface area contributed by atoms with Crippen LogP contribution in [0.5, 0.6) is 0 Å². The smallest absolute Gasteiger partial charge is 0.0613 e. The lowest BCUT2D eigenvalue weighted by atomic mass is 9.95. The summed E-state index contributed by atoms with van der Waals surface area (Å²) in [5.74, 6) is 1.44. The topological polar surface area (TPSA) is 32.3 Å². The van der Waals surface area contributed by atoms with Gasteiger partial charge in [0.15, 0.2) is 0 Å². The molecule has 0 heterocycles. The lowest BCUT2D eigenvalue weighted by Gasteiger charge is -2.30.